The fraction of sp³-hybridized carbons (Fsp3) is 0.200. The van der Waals surface area contributed by atoms with Crippen molar-refractivity contribution >= 4 is 5.91 Å². The second-order valence-corrected chi connectivity index (χ2v) is 4.30. The van der Waals surface area contributed by atoms with E-state index < -0.39 is 0 Å². The van der Waals surface area contributed by atoms with E-state index in [9.17, 15) is 4.79 Å². The molecule has 2 aromatic rings. The molecule has 1 heterocycles. The molecule has 19 heavy (non-hydrogen) atoms. The summed E-state index contributed by atoms with van der Waals surface area (Å²) in [5.74, 6) is 0.637. The zero-order chi connectivity index (χ0) is 13.8. The zero-order valence-corrected chi connectivity index (χ0v) is 10.8. The van der Waals surface area contributed by atoms with Gasteiger partial charge in [0, 0.05) is 12.6 Å². The number of hydrogen-bond acceptors (Lipinski definition) is 3. The average Bonchev–Trinajstić information content (AvgIpc) is 2.99. The molecule has 0 N–H and O–H groups in total. The van der Waals surface area contributed by atoms with Crippen molar-refractivity contribution in [2.24, 2.45) is 0 Å². The van der Waals surface area contributed by atoms with Crippen LogP contribution < -0.4 is 0 Å². The summed E-state index contributed by atoms with van der Waals surface area (Å²) >= 11 is 0. The molecule has 0 aliphatic carbocycles. The lowest BCUT2D eigenvalue weighted by atomic mass is 10.1. The number of rotatable bonds is 3. The minimum Gasteiger partial charge on any atom is -0.467 e. The summed E-state index contributed by atoms with van der Waals surface area (Å²) in [5, 5.41) is 8.73. The Labute approximate surface area is 111 Å². The Kier molecular flexibility index (Phi) is 3.67. The predicted molar refractivity (Wildman–Crippen MR) is 70.4 cm³/mol. The topological polar surface area (TPSA) is 57.2 Å². The van der Waals surface area contributed by atoms with Crippen molar-refractivity contribution in [3.8, 4) is 6.07 Å². The van der Waals surface area contributed by atoms with Crippen LogP contribution in [0, 0.1) is 11.3 Å². The van der Waals surface area contributed by atoms with Crippen molar-refractivity contribution < 1.29 is 9.21 Å². The van der Waals surface area contributed by atoms with Crippen LogP contribution in [0.4, 0.5) is 0 Å². The Balaban J connectivity index is 2.16. The monoisotopic (exact) mass is 254 g/mol. The molecule has 1 aromatic heterocycles. The van der Waals surface area contributed by atoms with E-state index in [0.29, 0.717) is 11.1 Å². The van der Waals surface area contributed by atoms with Crippen LogP contribution in [0.25, 0.3) is 0 Å². The number of carbonyl (C=O) groups excluding carboxylic acids is 1. The van der Waals surface area contributed by atoms with Crippen LogP contribution in [0.15, 0.2) is 47.1 Å². The third kappa shape index (κ3) is 2.66. The highest BCUT2D eigenvalue weighted by atomic mass is 16.3. The second kappa shape index (κ2) is 5.40. The van der Waals surface area contributed by atoms with Crippen molar-refractivity contribution in [3.05, 3.63) is 59.5 Å². The molecule has 0 saturated heterocycles. The molecule has 4 heteroatoms. The Hall–Kier alpha value is -2.54. The zero-order valence-electron chi connectivity index (χ0n) is 10.8. The van der Waals surface area contributed by atoms with E-state index >= 15 is 0 Å². The van der Waals surface area contributed by atoms with Crippen molar-refractivity contribution in [2.45, 2.75) is 13.0 Å². The third-order valence-corrected chi connectivity index (χ3v) is 3.12. The smallest absolute Gasteiger partial charge is 0.254 e. The van der Waals surface area contributed by atoms with Gasteiger partial charge in [-0.25, -0.2) is 0 Å². The lowest BCUT2D eigenvalue weighted by Crippen LogP contribution is -2.29. The molecule has 0 fully saturated rings. The SMILES string of the molecule is CC(c1ccco1)N(C)C(=O)c1ccc(C#N)cc1. The highest BCUT2D eigenvalue weighted by molar-refractivity contribution is 5.94. The van der Waals surface area contributed by atoms with Crippen molar-refractivity contribution in [1.82, 2.24) is 4.90 Å². The molecule has 0 aliphatic heterocycles. The van der Waals surface area contributed by atoms with E-state index in [1.165, 1.54) is 0 Å². The number of carbonyl (C=O) groups is 1. The molecule has 0 bridgehead atoms. The molecule has 0 aliphatic rings. The van der Waals surface area contributed by atoms with Gasteiger partial charge in [0.2, 0.25) is 0 Å². The Morgan fingerprint density at radius 2 is 2.00 bits per heavy atom. The minimum absolute atomic E-state index is 0.103. The van der Waals surface area contributed by atoms with Crippen LogP contribution in [-0.2, 0) is 0 Å². The summed E-state index contributed by atoms with van der Waals surface area (Å²) in [6, 6.07) is 12.1. The van der Waals surface area contributed by atoms with E-state index in [1.807, 2.05) is 19.1 Å². The second-order valence-electron chi connectivity index (χ2n) is 4.30. The third-order valence-electron chi connectivity index (χ3n) is 3.12. The molecular formula is C15H14N2O2. The molecule has 2 rings (SSSR count). The van der Waals surface area contributed by atoms with Gasteiger partial charge in [-0.05, 0) is 43.3 Å². The molecule has 1 amide bonds. The van der Waals surface area contributed by atoms with Crippen LogP contribution >= 0.6 is 0 Å². The van der Waals surface area contributed by atoms with E-state index in [1.54, 1.807) is 48.5 Å². The number of nitriles is 1. The van der Waals surface area contributed by atoms with Gasteiger partial charge < -0.3 is 9.32 Å². The fourth-order valence-corrected chi connectivity index (χ4v) is 1.79. The molecule has 0 spiro atoms. The Bertz CT molecular complexity index is 594. The van der Waals surface area contributed by atoms with E-state index in [4.69, 9.17) is 9.68 Å². The summed E-state index contributed by atoms with van der Waals surface area (Å²) in [7, 11) is 1.73. The summed E-state index contributed by atoms with van der Waals surface area (Å²) in [4.78, 5) is 13.9. The summed E-state index contributed by atoms with van der Waals surface area (Å²) in [5.41, 5.74) is 1.10. The van der Waals surface area contributed by atoms with Gasteiger partial charge in [-0.15, -0.1) is 0 Å². The average molecular weight is 254 g/mol. The lowest BCUT2D eigenvalue weighted by Gasteiger charge is -2.23. The maximum atomic E-state index is 12.3. The highest BCUT2D eigenvalue weighted by Gasteiger charge is 2.20. The summed E-state index contributed by atoms with van der Waals surface area (Å²) in [6.07, 6.45) is 1.59. The van der Waals surface area contributed by atoms with Crippen LogP contribution in [0.3, 0.4) is 0 Å². The molecule has 1 aromatic carbocycles. The minimum atomic E-state index is -0.141. The number of nitrogens with zero attached hydrogens (tertiary/aromatic N) is 2. The van der Waals surface area contributed by atoms with Gasteiger partial charge in [0.25, 0.3) is 5.91 Å². The first-order valence-electron chi connectivity index (χ1n) is 5.94. The van der Waals surface area contributed by atoms with E-state index in [0.717, 1.165) is 5.76 Å². The lowest BCUT2D eigenvalue weighted by molar-refractivity contribution is 0.0726. The standard InChI is InChI=1S/C15H14N2O2/c1-11(14-4-3-9-19-14)17(2)15(18)13-7-5-12(10-16)6-8-13/h3-9,11H,1-2H3. The quantitative estimate of drug-likeness (QED) is 0.846. The maximum Gasteiger partial charge on any atom is 0.254 e. The molecule has 0 saturated carbocycles. The molecule has 96 valence electrons. The number of benzene rings is 1. The van der Waals surface area contributed by atoms with Gasteiger partial charge in [0.1, 0.15) is 5.76 Å². The van der Waals surface area contributed by atoms with Crippen LogP contribution in [-0.4, -0.2) is 17.9 Å². The molecular weight excluding hydrogens is 240 g/mol. The molecule has 1 atom stereocenters. The first kappa shape index (κ1) is 12.9. The van der Waals surface area contributed by atoms with E-state index in [2.05, 4.69) is 0 Å². The normalized spacial score (nSPS) is 11.6. The molecule has 0 radical (unpaired) electrons. The molecule has 4 nitrogen and oxygen atoms in total. The fourth-order valence-electron chi connectivity index (χ4n) is 1.79. The van der Waals surface area contributed by atoms with Crippen LogP contribution in [0.2, 0.25) is 0 Å². The van der Waals surface area contributed by atoms with Gasteiger partial charge in [-0.3, -0.25) is 4.79 Å². The largest absolute Gasteiger partial charge is 0.467 e. The predicted octanol–water partition coefficient (Wildman–Crippen LogP) is 2.98. The van der Waals surface area contributed by atoms with Crippen molar-refractivity contribution in [1.29, 1.82) is 5.26 Å². The number of hydrogen-bond donors (Lipinski definition) is 0. The Morgan fingerprint density at radius 1 is 1.32 bits per heavy atom. The summed E-state index contributed by atoms with van der Waals surface area (Å²) in [6.45, 7) is 1.90. The highest BCUT2D eigenvalue weighted by Crippen LogP contribution is 2.21. The van der Waals surface area contributed by atoms with Gasteiger partial charge in [-0.1, -0.05) is 0 Å². The first-order chi connectivity index (χ1) is 9.13. The van der Waals surface area contributed by atoms with Gasteiger partial charge in [0.15, 0.2) is 0 Å². The number of amides is 1. The Morgan fingerprint density at radius 3 is 2.53 bits per heavy atom. The first-order valence-corrected chi connectivity index (χ1v) is 5.94. The molecule has 1 unspecified atom stereocenters. The van der Waals surface area contributed by atoms with Gasteiger partial charge >= 0.3 is 0 Å². The van der Waals surface area contributed by atoms with Crippen LogP contribution in [0.5, 0.6) is 0 Å². The number of furan rings is 1. The van der Waals surface area contributed by atoms with Gasteiger partial charge in [-0.2, -0.15) is 5.26 Å². The van der Waals surface area contributed by atoms with E-state index in [-0.39, 0.29) is 11.9 Å². The summed E-state index contributed by atoms with van der Waals surface area (Å²) < 4.78 is 5.30. The maximum absolute atomic E-state index is 12.3. The van der Waals surface area contributed by atoms with Crippen molar-refractivity contribution in [3.63, 3.8) is 0 Å². The van der Waals surface area contributed by atoms with Gasteiger partial charge in [0.05, 0.1) is 23.9 Å². The van der Waals surface area contributed by atoms with Crippen LogP contribution in [0.1, 0.15) is 34.6 Å². The van der Waals surface area contributed by atoms with Crippen molar-refractivity contribution in [2.75, 3.05) is 7.05 Å².